The lowest BCUT2D eigenvalue weighted by Crippen LogP contribution is -2.66. The van der Waals surface area contributed by atoms with Crippen molar-refractivity contribution >= 4 is 11.9 Å². The van der Waals surface area contributed by atoms with Gasteiger partial charge in [-0.25, -0.2) is 4.79 Å². The first kappa shape index (κ1) is 21.8. The Labute approximate surface area is 188 Å². The van der Waals surface area contributed by atoms with E-state index in [0.29, 0.717) is 35.5 Å². The van der Waals surface area contributed by atoms with E-state index in [1.807, 2.05) is 20.8 Å². The zero-order valence-corrected chi connectivity index (χ0v) is 20.2. The highest BCUT2D eigenvalue weighted by Crippen LogP contribution is 2.70. The molecular formula is C27H42O4. The molecule has 6 aliphatic rings. The maximum Gasteiger partial charge on any atom is 0.344 e. The van der Waals surface area contributed by atoms with E-state index in [4.69, 9.17) is 9.47 Å². The first-order valence-corrected chi connectivity index (χ1v) is 13.0. The van der Waals surface area contributed by atoms with Crippen LogP contribution in [0.4, 0.5) is 0 Å². The van der Waals surface area contributed by atoms with Gasteiger partial charge in [-0.2, -0.15) is 0 Å². The Bertz CT molecular complexity index is 736. The summed E-state index contributed by atoms with van der Waals surface area (Å²) in [6.07, 6.45) is 10.8. The van der Waals surface area contributed by atoms with E-state index in [9.17, 15) is 9.59 Å². The molecule has 4 heteroatoms. The number of ether oxygens (including phenoxy) is 2. The maximum atomic E-state index is 13.2. The minimum Gasteiger partial charge on any atom is -0.456 e. The van der Waals surface area contributed by atoms with E-state index in [-0.39, 0.29) is 24.1 Å². The van der Waals surface area contributed by atoms with Crippen molar-refractivity contribution in [1.82, 2.24) is 0 Å². The van der Waals surface area contributed by atoms with Crippen LogP contribution in [0.2, 0.25) is 0 Å². The van der Waals surface area contributed by atoms with Gasteiger partial charge in [-0.05, 0) is 101 Å². The van der Waals surface area contributed by atoms with Gasteiger partial charge in [0.05, 0.1) is 5.41 Å². The molecule has 6 rings (SSSR count). The van der Waals surface area contributed by atoms with E-state index in [1.54, 1.807) is 0 Å². The van der Waals surface area contributed by atoms with Crippen LogP contribution in [-0.2, 0) is 19.1 Å². The lowest BCUT2D eigenvalue weighted by Gasteiger charge is -2.66. The SMILES string of the molecule is CCC(C)(C)C(=O)OCC(=O)OC1(C2CC3CC2CC3C)C2CC3CC1CC(C)(C3)C2. The van der Waals surface area contributed by atoms with E-state index < -0.39 is 5.41 Å². The Kier molecular flexibility index (Phi) is 5.07. The van der Waals surface area contributed by atoms with Crippen LogP contribution in [-0.4, -0.2) is 24.1 Å². The van der Waals surface area contributed by atoms with Crippen molar-refractivity contribution in [2.75, 3.05) is 6.61 Å². The molecule has 6 atom stereocenters. The Morgan fingerprint density at radius 1 is 0.968 bits per heavy atom. The molecule has 6 bridgehead atoms. The van der Waals surface area contributed by atoms with Crippen LogP contribution in [0.25, 0.3) is 0 Å². The van der Waals surface area contributed by atoms with E-state index >= 15 is 0 Å². The van der Waals surface area contributed by atoms with Crippen molar-refractivity contribution in [2.24, 2.45) is 52.3 Å². The fourth-order valence-electron chi connectivity index (χ4n) is 9.05. The lowest BCUT2D eigenvalue weighted by molar-refractivity contribution is -0.250. The molecule has 6 fully saturated rings. The maximum absolute atomic E-state index is 13.2. The summed E-state index contributed by atoms with van der Waals surface area (Å²) in [5.74, 6) is 4.04. The van der Waals surface area contributed by atoms with Crippen LogP contribution >= 0.6 is 0 Å². The van der Waals surface area contributed by atoms with Gasteiger partial charge >= 0.3 is 11.9 Å². The van der Waals surface area contributed by atoms with E-state index in [1.165, 1.54) is 51.4 Å². The molecule has 6 aliphatic carbocycles. The number of carbonyl (C=O) groups is 2. The molecule has 0 spiro atoms. The first-order valence-electron chi connectivity index (χ1n) is 13.0. The topological polar surface area (TPSA) is 52.6 Å². The Hall–Kier alpha value is -1.06. The molecule has 0 aromatic heterocycles. The van der Waals surface area contributed by atoms with Crippen LogP contribution < -0.4 is 0 Å². The van der Waals surface area contributed by atoms with Crippen molar-refractivity contribution in [1.29, 1.82) is 0 Å². The molecule has 0 amide bonds. The average Bonchev–Trinajstić information content (AvgIpc) is 3.27. The molecule has 4 nitrogen and oxygen atoms in total. The van der Waals surface area contributed by atoms with Crippen molar-refractivity contribution in [3.05, 3.63) is 0 Å². The highest BCUT2D eigenvalue weighted by atomic mass is 16.6. The van der Waals surface area contributed by atoms with Crippen LogP contribution in [0.1, 0.15) is 92.4 Å². The van der Waals surface area contributed by atoms with E-state index in [2.05, 4.69) is 13.8 Å². The van der Waals surface area contributed by atoms with Crippen LogP contribution in [0.15, 0.2) is 0 Å². The second kappa shape index (κ2) is 7.22. The summed E-state index contributed by atoms with van der Waals surface area (Å²) in [6, 6.07) is 0. The number of hydrogen-bond donors (Lipinski definition) is 0. The molecule has 6 saturated carbocycles. The Morgan fingerprint density at radius 2 is 1.65 bits per heavy atom. The number of esters is 2. The fourth-order valence-corrected chi connectivity index (χ4v) is 9.05. The number of fused-ring (bicyclic) bond motifs is 2. The smallest absolute Gasteiger partial charge is 0.344 e. The first-order chi connectivity index (χ1) is 14.6. The molecule has 0 aromatic carbocycles. The molecule has 174 valence electrons. The fraction of sp³-hybridized carbons (Fsp3) is 0.926. The molecule has 6 unspecified atom stereocenters. The zero-order valence-electron chi connectivity index (χ0n) is 20.2. The van der Waals surface area contributed by atoms with Gasteiger partial charge in [-0.15, -0.1) is 0 Å². The van der Waals surface area contributed by atoms with Gasteiger partial charge in [-0.1, -0.05) is 20.8 Å². The monoisotopic (exact) mass is 430 g/mol. The van der Waals surface area contributed by atoms with Crippen molar-refractivity contribution < 1.29 is 19.1 Å². The lowest BCUT2D eigenvalue weighted by atomic mass is 9.42. The normalized spacial score (nSPS) is 47.6. The third-order valence-electron chi connectivity index (χ3n) is 10.6. The molecule has 31 heavy (non-hydrogen) atoms. The Balaban J connectivity index is 1.38. The second-order valence-corrected chi connectivity index (χ2v) is 13.1. The van der Waals surface area contributed by atoms with Gasteiger partial charge < -0.3 is 9.47 Å². The third kappa shape index (κ3) is 3.37. The summed E-state index contributed by atoms with van der Waals surface area (Å²) >= 11 is 0. The highest BCUT2D eigenvalue weighted by Gasteiger charge is 2.68. The van der Waals surface area contributed by atoms with Gasteiger partial charge in [0.2, 0.25) is 0 Å². The molecule has 0 N–H and O–H groups in total. The minimum atomic E-state index is -0.560. The van der Waals surface area contributed by atoms with Gasteiger partial charge in [-0.3, -0.25) is 4.79 Å². The second-order valence-electron chi connectivity index (χ2n) is 13.1. The predicted molar refractivity (Wildman–Crippen MR) is 119 cm³/mol. The molecule has 0 aliphatic heterocycles. The summed E-state index contributed by atoms with van der Waals surface area (Å²) in [5.41, 5.74) is -0.426. The van der Waals surface area contributed by atoms with Gasteiger partial charge in [0.15, 0.2) is 6.61 Å². The van der Waals surface area contributed by atoms with E-state index in [0.717, 1.165) is 17.8 Å². The number of hydrogen-bond acceptors (Lipinski definition) is 4. The van der Waals surface area contributed by atoms with Crippen LogP contribution in [0, 0.1) is 52.3 Å². The predicted octanol–water partition coefficient (Wildman–Crippen LogP) is 5.78. The average molecular weight is 431 g/mol. The summed E-state index contributed by atoms with van der Waals surface area (Å²) in [6.45, 7) is 10.4. The summed E-state index contributed by atoms with van der Waals surface area (Å²) < 4.78 is 12.1. The zero-order chi connectivity index (χ0) is 22.2. The van der Waals surface area contributed by atoms with Gasteiger partial charge in [0.1, 0.15) is 5.60 Å². The van der Waals surface area contributed by atoms with Crippen molar-refractivity contribution in [3.8, 4) is 0 Å². The van der Waals surface area contributed by atoms with Gasteiger partial charge in [0.25, 0.3) is 0 Å². The number of carbonyl (C=O) groups excluding carboxylic acids is 2. The van der Waals surface area contributed by atoms with Crippen LogP contribution in [0.5, 0.6) is 0 Å². The van der Waals surface area contributed by atoms with Crippen LogP contribution in [0.3, 0.4) is 0 Å². The number of rotatable bonds is 6. The summed E-state index contributed by atoms with van der Waals surface area (Å²) in [4.78, 5) is 25.6. The largest absolute Gasteiger partial charge is 0.456 e. The molecule has 0 saturated heterocycles. The standard InChI is InChI=1S/C27H42O4/c1-6-25(3,4)24(29)30-15-23(28)31-27(22-11-18-10-19(22)7-16(18)2)20-8-17-9-21(27)14-26(5,12-17)13-20/h16-22H,6-15H2,1-5H3. The molecule has 0 aromatic rings. The third-order valence-corrected chi connectivity index (χ3v) is 10.6. The van der Waals surface area contributed by atoms with Crippen molar-refractivity contribution in [2.45, 2.75) is 98.0 Å². The highest BCUT2D eigenvalue weighted by molar-refractivity contribution is 5.80. The molecule has 0 radical (unpaired) electrons. The Morgan fingerprint density at radius 3 is 2.16 bits per heavy atom. The van der Waals surface area contributed by atoms with Gasteiger partial charge in [0, 0.05) is 17.8 Å². The quantitative estimate of drug-likeness (QED) is 0.502. The molecular weight excluding hydrogens is 388 g/mol. The summed E-state index contributed by atoms with van der Waals surface area (Å²) in [5, 5.41) is 0. The van der Waals surface area contributed by atoms with Crippen molar-refractivity contribution in [3.63, 3.8) is 0 Å². The summed E-state index contributed by atoms with van der Waals surface area (Å²) in [7, 11) is 0. The minimum absolute atomic E-state index is 0.235. The molecule has 0 heterocycles.